The van der Waals surface area contributed by atoms with Crippen LogP contribution in [-0.4, -0.2) is 4.98 Å². The topological polar surface area (TPSA) is 77.0 Å². The molecule has 0 aliphatic carbocycles. The zero-order chi connectivity index (χ0) is 13.1. The Morgan fingerprint density at radius 1 is 1.28 bits per heavy atom. The van der Waals surface area contributed by atoms with E-state index >= 15 is 0 Å². The average Bonchev–Trinajstić information content (AvgIpc) is 2.36. The molecular formula is C12H12ClFN4. The highest BCUT2D eigenvalue weighted by atomic mass is 35.5. The number of pyridine rings is 1. The number of hydrazine groups is 1. The molecule has 0 aliphatic rings. The van der Waals surface area contributed by atoms with E-state index in [1.807, 2.05) is 0 Å². The number of benzene rings is 1. The molecule has 4 nitrogen and oxygen atoms in total. The second-order valence-electron chi connectivity index (χ2n) is 3.77. The summed E-state index contributed by atoms with van der Waals surface area (Å²) in [4.78, 5) is 3.96. The van der Waals surface area contributed by atoms with Gasteiger partial charge in [-0.3, -0.25) is 10.8 Å². The molecule has 6 heteroatoms. The predicted octanol–water partition coefficient (Wildman–Crippen LogP) is 2.01. The van der Waals surface area contributed by atoms with Crippen LogP contribution in [0.2, 0.25) is 5.02 Å². The van der Waals surface area contributed by atoms with E-state index in [0.717, 1.165) is 0 Å². The van der Waals surface area contributed by atoms with Crippen molar-refractivity contribution in [3.05, 3.63) is 58.6 Å². The molecule has 1 unspecified atom stereocenters. The fraction of sp³-hybridized carbons (Fsp3) is 0.0833. The molecule has 18 heavy (non-hydrogen) atoms. The summed E-state index contributed by atoms with van der Waals surface area (Å²) in [5, 5.41) is 0.425. The van der Waals surface area contributed by atoms with Gasteiger partial charge in [-0.15, -0.1) is 0 Å². The first kappa shape index (κ1) is 12.8. The first-order valence-corrected chi connectivity index (χ1v) is 5.61. The average molecular weight is 267 g/mol. The minimum atomic E-state index is -0.600. The maximum atomic E-state index is 13.8. The van der Waals surface area contributed by atoms with Gasteiger partial charge in [0, 0.05) is 34.2 Å². The third kappa shape index (κ3) is 2.43. The number of nitrogen functional groups attached to an aromatic ring is 1. The van der Waals surface area contributed by atoms with Gasteiger partial charge in [-0.25, -0.2) is 9.82 Å². The van der Waals surface area contributed by atoms with E-state index in [-0.39, 0.29) is 0 Å². The van der Waals surface area contributed by atoms with Gasteiger partial charge in [0.2, 0.25) is 0 Å². The van der Waals surface area contributed by atoms with Gasteiger partial charge in [0.1, 0.15) is 5.82 Å². The van der Waals surface area contributed by atoms with E-state index in [1.54, 1.807) is 18.5 Å². The summed E-state index contributed by atoms with van der Waals surface area (Å²) >= 11 is 5.86. The van der Waals surface area contributed by atoms with Crippen LogP contribution in [0.5, 0.6) is 0 Å². The van der Waals surface area contributed by atoms with Crippen LogP contribution < -0.4 is 17.0 Å². The molecule has 0 bridgehead atoms. The molecule has 94 valence electrons. The zero-order valence-corrected chi connectivity index (χ0v) is 10.2. The fourth-order valence-electron chi connectivity index (χ4n) is 1.74. The molecular weight excluding hydrogens is 255 g/mol. The molecule has 1 atom stereocenters. The van der Waals surface area contributed by atoms with Crippen LogP contribution in [0.3, 0.4) is 0 Å². The largest absolute Gasteiger partial charge is 0.398 e. The van der Waals surface area contributed by atoms with Gasteiger partial charge < -0.3 is 5.73 Å². The third-order valence-electron chi connectivity index (χ3n) is 2.63. The second-order valence-corrected chi connectivity index (χ2v) is 4.21. The SMILES string of the molecule is NNC(c1cnccc1N)c1cc(Cl)ccc1F. The van der Waals surface area contributed by atoms with Crippen molar-refractivity contribution in [3.63, 3.8) is 0 Å². The highest BCUT2D eigenvalue weighted by molar-refractivity contribution is 6.30. The van der Waals surface area contributed by atoms with Crippen LogP contribution in [0.4, 0.5) is 10.1 Å². The van der Waals surface area contributed by atoms with E-state index in [1.165, 1.54) is 18.2 Å². The summed E-state index contributed by atoms with van der Waals surface area (Å²) in [7, 11) is 0. The molecule has 0 aliphatic heterocycles. The molecule has 0 spiro atoms. The van der Waals surface area contributed by atoms with Crippen molar-refractivity contribution in [1.29, 1.82) is 0 Å². The van der Waals surface area contributed by atoms with Gasteiger partial charge in [0.25, 0.3) is 0 Å². The number of nitrogens with one attached hydrogen (secondary N) is 1. The Morgan fingerprint density at radius 3 is 2.72 bits per heavy atom. The second kappa shape index (κ2) is 5.30. The van der Waals surface area contributed by atoms with Gasteiger partial charge in [-0.05, 0) is 24.3 Å². The Kier molecular flexibility index (Phi) is 3.76. The first-order chi connectivity index (χ1) is 8.63. The lowest BCUT2D eigenvalue weighted by molar-refractivity contribution is 0.560. The molecule has 2 aromatic rings. The van der Waals surface area contributed by atoms with E-state index < -0.39 is 11.9 Å². The molecule has 0 amide bonds. The van der Waals surface area contributed by atoms with Gasteiger partial charge >= 0.3 is 0 Å². The standard InChI is InChI=1S/C12H12ClFN4/c13-7-1-2-10(14)8(5-7)12(18-16)9-6-17-4-3-11(9)15/h1-6,12,18H,16H2,(H2,15,17). The van der Waals surface area contributed by atoms with Crippen LogP contribution in [0.15, 0.2) is 36.7 Å². The summed E-state index contributed by atoms with van der Waals surface area (Å²) in [6.07, 6.45) is 3.10. The highest BCUT2D eigenvalue weighted by Crippen LogP contribution is 2.28. The fourth-order valence-corrected chi connectivity index (χ4v) is 1.92. The van der Waals surface area contributed by atoms with E-state index in [0.29, 0.717) is 21.8 Å². The summed E-state index contributed by atoms with van der Waals surface area (Å²) in [5.41, 5.74) is 9.76. The van der Waals surface area contributed by atoms with Crippen LogP contribution in [0, 0.1) is 5.82 Å². The summed E-state index contributed by atoms with van der Waals surface area (Å²) in [6.45, 7) is 0. The van der Waals surface area contributed by atoms with Crippen LogP contribution in [0.25, 0.3) is 0 Å². The summed E-state index contributed by atoms with van der Waals surface area (Å²) in [5.74, 6) is 5.07. The molecule has 5 N–H and O–H groups in total. The number of hydrogen-bond donors (Lipinski definition) is 3. The molecule has 0 saturated carbocycles. The van der Waals surface area contributed by atoms with Crippen molar-refractivity contribution in [1.82, 2.24) is 10.4 Å². The highest BCUT2D eigenvalue weighted by Gasteiger charge is 2.19. The number of hydrogen-bond acceptors (Lipinski definition) is 4. The number of nitrogens with two attached hydrogens (primary N) is 2. The van der Waals surface area contributed by atoms with Crippen LogP contribution in [-0.2, 0) is 0 Å². The van der Waals surface area contributed by atoms with Crippen molar-refractivity contribution >= 4 is 17.3 Å². The Hall–Kier alpha value is -1.69. The number of nitrogens with zero attached hydrogens (tertiary/aromatic N) is 1. The smallest absolute Gasteiger partial charge is 0.128 e. The molecule has 0 saturated heterocycles. The lowest BCUT2D eigenvalue weighted by atomic mass is 9.99. The normalized spacial score (nSPS) is 12.4. The first-order valence-electron chi connectivity index (χ1n) is 5.24. The van der Waals surface area contributed by atoms with Crippen molar-refractivity contribution in [2.75, 3.05) is 5.73 Å². The molecule has 1 heterocycles. The summed E-state index contributed by atoms with van der Waals surface area (Å²) in [6, 6.07) is 5.29. The number of aromatic nitrogens is 1. The minimum Gasteiger partial charge on any atom is -0.398 e. The lowest BCUT2D eigenvalue weighted by Crippen LogP contribution is -2.30. The lowest BCUT2D eigenvalue weighted by Gasteiger charge is -2.19. The van der Waals surface area contributed by atoms with Crippen molar-refractivity contribution in [2.45, 2.75) is 6.04 Å². The predicted molar refractivity (Wildman–Crippen MR) is 69.2 cm³/mol. The Labute approximate surface area is 109 Å². The van der Waals surface area contributed by atoms with Crippen molar-refractivity contribution in [3.8, 4) is 0 Å². The maximum absolute atomic E-state index is 13.8. The van der Waals surface area contributed by atoms with Gasteiger partial charge in [-0.2, -0.15) is 0 Å². The van der Waals surface area contributed by atoms with Crippen molar-refractivity contribution < 1.29 is 4.39 Å². The monoisotopic (exact) mass is 266 g/mol. The Balaban J connectivity index is 2.52. The van der Waals surface area contributed by atoms with Crippen molar-refractivity contribution in [2.24, 2.45) is 5.84 Å². The Morgan fingerprint density at radius 2 is 2.06 bits per heavy atom. The maximum Gasteiger partial charge on any atom is 0.128 e. The van der Waals surface area contributed by atoms with E-state index in [9.17, 15) is 4.39 Å². The zero-order valence-electron chi connectivity index (χ0n) is 9.40. The van der Waals surface area contributed by atoms with Gasteiger partial charge in [0.15, 0.2) is 0 Å². The van der Waals surface area contributed by atoms with Crippen LogP contribution in [0.1, 0.15) is 17.2 Å². The number of rotatable bonds is 3. The molecule has 1 aromatic heterocycles. The van der Waals surface area contributed by atoms with Gasteiger partial charge in [0.05, 0.1) is 6.04 Å². The van der Waals surface area contributed by atoms with E-state index in [2.05, 4.69) is 10.4 Å². The molecule has 0 fully saturated rings. The summed E-state index contributed by atoms with van der Waals surface area (Å²) < 4.78 is 13.8. The third-order valence-corrected chi connectivity index (χ3v) is 2.87. The molecule has 2 rings (SSSR count). The Bertz CT molecular complexity index is 562. The number of halogens is 2. The van der Waals surface area contributed by atoms with Crippen LogP contribution >= 0.6 is 11.6 Å². The molecule has 1 aromatic carbocycles. The van der Waals surface area contributed by atoms with E-state index in [4.69, 9.17) is 23.2 Å². The molecule has 0 radical (unpaired) electrons. The number of anilines is 1. The van der Waals surface area contributed by atoms with Gasteiger partial charge in [-0.1, -0.05) is 11.6 Å². The quantitative estimate of drug-likeness (QED) is 0.587. The minimum absolute atomic E-state index is 0.324.